The summed E-state index contributed by atoms with van der Waals surface area (Å²) in [7, 11) is -3.28. The van der Waals surface area contributed by atoms with Crippen molar-refractivity contribution in [1.82, 2.24) is 14.9 Å². The van der Waals surface area contributed by atoms with Crippen LogP contribution in [0.25, 0.3) is 0 Å². The maximum atomic E-state index is 12.4. The molecule has 2 aromatic rings. The van der Waals surface area contributed by atoms with Crippen LogP contribution in [0, 0.1) is 0 Å². The Kier molecular flexibility index (Phi) is 12.8. The highest BCUT2D eigenvalue weighted by Gasteiger charge is 2.47. The highest BCUT2D eigenvalue weighted by Crippen LogP contribution is 2.53. The molecule has 45 heavy (non-hydrogen) atoms. The number of fused-ring (bicyclic) bond motifs is 1. The zero-order chi connectivity index (χ0) is 32.3. The first-order valence-corrected chi connectivity index (χ1v) is 17.7. The van der Waals surface area contributed by atoms with Crippen LogP contribution in [0.3, 0.4) is 0 Å². The van der Waals surface area contributed by atoms with Crippen molar-refractivity contribution < 1.29 is 33.0 Å². The maximum absolute atomic E-state index is 12.4. The van der Waals surface area contributed by atoms with Crippen LogP contribution in [0.15, 0.2) is 54.6 Å². The smallest absolute Gasteiger partial charge is 0.328 e. The lowest BCUT2D eigenvalue weighted by Gasteiger charge is -2.50. The van der Waals surface area contributed by atoms with Gasteiger partial charge < -0.3 is 25.2 Å². The second-order valence-corrected chi connectivity index (χ2v) is 14.2. The van der Waals surface area contributed by atoms with E-state index >= 15 is 0 Å². The number of carboxylic acid groups (broad SMARTS) is 2. The predicted octanol–water partition coefficient (Wildman–Crippen LogP) is 4.53. The second kappa shape index (κ2) is 16.6. The summed E-state index contributed by atoms with van der Waals surface area (Å²) in [6.07, 6.45) is 10.1. The van der Waals surface area contributed by atoms with E-state index in [-0.39, 0.29) is 23.8 Å². The molecule has 2 aliphatic heterocycles. The molecule has 5 rings (SSSR count). The van der Waals surface area contributed by atoms with E-state index in [4.69, 9.17) is 26.6 Å². The van der Waals surface area contributed by atoms with E-state index in [9.17, 15) is 18.0 Å². The number of nitrogens with one attached hydrogen (secondary N) is 2. The summed E-state index contributed by atoms with van der Waals surface area (Å²) in [6.45, 7) is 4.61. The first-order chi connectivity index (χ1) is 21.6. The SMILES string of the molecule is O=C(O)/C=C/C(=O)O.O=S(=O)(CCCN1CCCCC1)NCCOc1ccc2c(c1)C(C1(c3ccc(Cl)cc3)CCC1)NCC2. The molecule has 1 atom stereocenters. The van der Waals surface area contributed by atoms with Crippen molar-refractivity contribution in [2.24, 2.45) is 0 Å². The second-order valence-electron chi connectivity index (χ2n) is 11.8. The van der Waals surface area contributed by atoms with Gasteiger partial charge in [0.25, 0.3) is 0 Å². The number of likely N-dealkylation sites (tertiary alicyclic amines) is 1. The van der Waals surface area contributed by atoms with Crippen LogP contribution in [0.5, 0.6) is 5.75 Å². The fourth-order valence-corrected chi connectivity index (χ4v) is 7.61. The molecule has 3 aliphatic rings. The van der Waals surface area contributed by atoms with Gasteiger partial charge >= 0.3 is 11.9 Å². The molecule has 0 radical (unpaired) electrons. The number of aliphatic carboxylic acids is 2. The average Bonchev–Trinajstić information content (AvgIpc) is 2.99. The molecule has 1 unspecified atom stereocenters. The zero-order valence-electron chi connectivity index (χ0n) is 25.5. The normalized spacial score (nSPS) is 19.5. The number of piperidine rings is 1. The molecule has 0 aromatic heterocycles. The van der Waals surface area contributed by atoms with Gasteiger partial charge in [-0.25, -0.2) is 22.7 Å². The number of rotatable bonds is 13. The van der Waals surface area contributed by atoms with E-state index in [2.05, 4.69) is 39.2 Å². The van der Waals surface area contributed by atoms with Crippen molar-refractivity contribution in [3.63, 3.8) is 0 Å². The summed E-state index contributed by atoms with van der Waals surface area (Å²) in [6, 6.07) is 14.9. The molecular weight excluding hydrogens is 618 g/mol. The largest absolute Gasteiger partial charge is 0.492 e. The van der Waals surface area contributed by atoms with Gasteiger partial charge in [0, 0.05) is 35.2 Å². The zero-order valence-corrected chi connectivity index (χ0v) is 27.1. The van der Waals surface area contributed by atoms with E-state index in [0.717, 1.165) is 56.2 Å². The summed E-state index contributed by atoms with van der Waals surface area (Å²) in [4.78, 5) is 21.5. The number of ether oxygens (including phenoxy) is 1. The van der Waals surface area contributed by atoms with Gasteiger partial charge in [-0.2, -0.15) is 0 Å². The summed E-state index contributed by atoms with van der Waals surface area (Å²) in [5.41, 5.74) is 4.08. The molecule has 12 heteroatoms. The number of halogens is 1. The standard InChI is InChI=1S/C29H40ClN3O3S.C4H4O4/c30-25-9-7-24(8-10-25)29(13-4-14-29)28-27-22-26(11-6-23(27)12-15-31-28)36-20-16-32-37(34,35)21-5-19-33-17-2-1-3-18-33;5-3(6)1-2-4(7)8/h6-11,22,28,31-32H,1-5,12-21H2;1-2H,(H,5,6)(H,7,8)/b;2-1+. The first-order valence-electron chi connectivity index (χ1n) is 15.7. The van der Waals surface area contributed by atoms with Crippen LogP contribution >= 0.6 is 11.6 Å². The topological polar surface area (TPSA) is 145 Å². The average molecular weight is 662 g/mol. The number of carboxylic acids is 2. The maximum Gasteiger partial charge on any atom is 0.328 e. The molecule has 2 heterocycles. The molecule has 2 aromatic carbocycles. The van der Waals surface area contributed by atoms with Crippen molar-refractivity contribution in [3.8, 4) is 5.75 Å². The van der Waals surface area contributed by atoms with Crippen molar-refractivity contribution >= 4 is 33.6 Å². The Hall–Kier alpha value is -2.96. The van der Waals surface area contributed by atoms with Crippen LogP contribution in [-0.2, 0) is 31.4 Å². The minimum absolute atomic E-state index is 0.0716. The molecular formula is C33H44ClN3O7S. The fraction of sp³-hybridized carbons (Fsp3) is 0.515. The Morgan fingerprint density at radius 2 is 1.71 bits per heavy atom. The number of nitrogens with zero attached hydrogens (tertiary/aromatic N) is 1. The predicted molar refractivity (Wildman–Crippen MR) is 174 cm³/mol. The summed E-state index contributed by atoms with van der Waals surface area (Å²) in [5.74, 6) is -1.55. The van der Waals surface area contributed by atoms with Crippen LogP contribution in [0.4, 0.5) is 0 Å². The third kappa shape index (κ3) is 10.3. The molecule has 4 N–H and O–H groups in total. The molecule has 2 fully saturated rings. The summed E-state index contributed by atoms with van der Waals surface area (Å²) < 4.78 is 33.6. The van der Waals surface area contributed by atoms with Crippen molar-refractivity contribution in [1.29, 1.82) is 0 Å². The van der Waals surface area contributed by atoms with Gasteiger partial charge in [0.2, 0.25) is 10.0 Å². The van der Waals surface area contributed by atoms with Crippen molar-refractivity contribution in [2.75, 3.05) is 45.1 Å². The lowest BCUT2D eigenvalue weighted by atomic mass is 9.58. The van der Waals surface area contributed by atoms with Gasteiger partial charge in [-0.05, 0) is 106 Å². The van der Waals surface area contributed by atoms with Gasteiger partial charge in [-0.3, -0.25) is 0 Å². The Morgan fingerprint density at radius 1 is 1.02 bits per heavy atom. The Labute approximate surface area is 270 Å². The van der Waals surface area contributed by atoms with E-state index in [0.29, 0.717) is 25.2 Å². The van der Waals surface area contributed by atoms with Crippen molar-refractivity contribution in [2.45, 2.75) is 62.8 Å². The lowest BCUT2D eigenvalue weighted by molar-refractivity contribution is -0.134. The van der Waals surface area contributed by atoms with Crippen LogP contribution in [0.1, 0.15) is 67.7 Å². The fourth-order valence-electron chi connectivity index (χ4n) is 6.44. The summed E-state index contributed by atoms with van der Waals surface area (Å²) >= 11 is 6.18. The van der Waals surface area contributed by atoms with Crippen molar-refractivity contribution in [3.05, 3.63) is 76.3 Å². The highest BCUT2D eigenvalue weighted by molar-refractivity contribution is 7.89. The molecule has 10 nitrogen and oxygen atoms in total. The number of hydrogen-bond acceptors (Lipinski definition) is 7. The summed E-state index contributed by atoms with van der Waals surface area (Å²) in [5, 5.41) is 20.2. The van der Waals surface area contributed by atoms with E-state index in [1.54, 1.807) is 0 Å². The molecule has 0 amide bonds. The Bertz CT molecular complexity index is 1410. The Morgan fingerprint density at radius 3 is 2.33 bits per heavy atom. The van der Waals surface area contributed by atoms with E-state index in [1.807, 2.05) is 18.2 Å². The molecule has 0 spiro atoms. The third-order valence-corrected chi connectivity index (χ3v) is 10.5. The van der Waals surface area contributed by atoms with Gasteiger partial charge in [-0.1, -0.05) is 42.6 Å². The van der Waals surface area contributed by atoms with Gasteiger partial charge in [0.1, 0.15) is 12.4 Å². The molecule has 0 bridgehead atoms. The van der Waals surface area contributed by atoms with Crippen LogP contribution < -0.4 is 14.8 Å². The first kappa shape index (κ1) is 34.9. The van der Waals surface area contributed by atoms with Crippen LogP contribution in [0.2, 0.25) is 5.02 Å². The number of benzene rings is 2. The molecule has 1 saturated carbocycles. The monoisotopic (exact) mass is 661 g/mol. The van der Waals surface area contributed by atoms with Gasteiger partial charge in [-0.15, -0.1) is 0 Å². The van der Waals surface area contributed by atoms with E-state index < -0.39 is 22.0 Å². The lowest BCUT2D eigenvalue weighted by Crippen LogP contribution is -2.49. The Balaban J connectivity index is 0.000000510. The third-order valence-electron chi connectivity index (χ3n) is 8.79. The minimum Gasteiger partial charge on any atom is -0.492 e. The highest BCUT2D eigenvalue weighted by atomic mass is 35.5. The molecule has 246 valence electrons. The number of hydrogen-bond donors (Lipinski definition) is 4. The quantitative estimate of drug-likeness (QED) is 0.180. The van der Waals surface area contributed by atoms with E-state index in [1.165, 1.54) is 42.4 Å². The molecule has 1 saturated heterocycles. The number of sulfonamides is 1. The molecule has 1 aliphatic carbocycles. The van der Waals surface area contributed by atoms with Crippen LogP contribution in [-0.4, -0.2) is 80.6 Å². The van der Waals surface area contributed by atoms with Gasteiger partial charge in [0.15, 0.2) is 0 Å². The minimum atomic E-state index is -3.28. The van der Waals surface area contributed by atoms with Gasteiger partial charge in [0.05, 0.1) is 5.75 Å². The number of carbonyl (C=O) groups is 2.